The van der Waals surface area contributed by atoms with Gasteiger partial charge < -0.3 is 0 Å². The smallest absolute Gasteiger partial charge is 0.0930 e. The molecule has 0 N–H and O–H groups in total. The fourth-order valence-electron chi connectivity index (χ4n) is 9.42. The fourth-order valence-corrected chi connectivity index (χ4v) is 9.42. The van der Waals surface area contributed by atoms with Crippen LogP contribution < -0.4 is 0 Å². The molecule has 0 aromatic heterocycles. The van der Waals surface area contributed by atoms with Gasteiger partial charge in [-0.05, 0) is 115 Å². The van der Waals surface area contributed by atoms with E-state index in [9.17, 15) is 0 Å². The molecule has 8 aliphatic rings. The second-order valence-electron chi connectivity index (χ2n) is 12.3. The molecule has 4 nitrogen and oxygen atoms in total. The van der Waals surface area contributed by atoms with Crippen LogP contribution in [0.25, 0.3) is 0 Å². The lowest BCUT2D eigenvalue weighted by atomic mass is 9.90. The lowest BCUT2D eigenvalue weighted by molar-refractivity contribution is 0.0377. The summed E-state index contributed by atoms with van der Waals surface area (Å²) in [5, 5.41) is 11.0. The molecule has 0 saturated heterocycles. The first-order valence-corrected chi connectivity index (χ1v) is 16.5. The normalized spacial score (nSPS) is 29.8. The lowest BCUT2D eigenvalue weighted by Gasteiger charge is -2.43. The van der Waals surface area contributed by atoms with Gasteiger partial charge in [-0.15, -0.1) is 0 Å². The van der Waals surface area contributed by atoms with Crippen LogP contribution in [0.3, 0.4) is 0 Å². The van der Waals surface area contributed by atoms with Crippen LogP contribution in [0.5, 0.6) is 0 Å². The van der Waals surface area contributed by atoms with Gasteiger partial charge in [-0.2, -0.15) is 0 Å². The number of hydrogen-bond donors (Lipinski definition) is 0. The van der Waals surface area contributed by atoms with Crippen LogP contribution in [0.4, 0.5) is 0 Å². The molecule has 8 aliphatic heterocycles. The standard InChI is InChI=1S/C36H48N4/c1-9-21-22(10-2)30-18-32-25(13-5)28(16-8)36-20-34-27(15-7)26(14-6)33-19-35-24(12-4)23(11-3)31(39(35)40(32)36)17-29(21)37(30)38(33)34/h17-21,31,33,36H,9-16H2,1-8H3. The van der Waals surface area contributed by atoms with Gasteiger partial charge in [-0.3, -0.25) is 20.0 Å². The number of allylic oxidation sites excluding steroid dienone is 5. The molecule has 0 aliphatic carbocycles. The Hall–Kier alpha value is -2.88. The van der Waals surface area contributed by atoms with E-state index in [0.717, 1.165) is 51.4 Å². The van der Waals surface area contributed by atoms with Gasteiger partial charge in [-0.25, -0.2) is 0 Å². The van der Waals surface area contributed by atoms with Crippen molar-refractivity contribution in [3.63, 3.8) is 0 Å². The maximum Gasteiger partial charge on any atom is 0.0930 e. The first-order chi connectivity index (χ1) is 19.5. The highest BCUT2D eigenvalue weighted by atomic mass is 15.7. The highest BCUT2D eigenvalue weighted by molar-refractivity contribution is 5.61. The first kappa shape index (κ1) is 26.0. The van der Waals surface area contributed by atoms with Gasteiger partial charge in [0.1, 0.15) is 0 Å². The number of hydrogen-bond acceptors (Lipinski definition) is 4. The average Bonchev–Trinajstić information content (AvgIpc) is 3.66. The van der Waals surface area contributed by atoms with Crippen molar-refractivity contribution < 1.29 is 0 Å². The second-order valence-corrected chi connectivity index (χ2v) is 12.3. The zero-order chi connectivity index (χ0) is 28.0. The van der Waals surface area contributed by atoms with Gasteiger partial charge in [0.05, 0.1) is 40.9 Å². The predicted molar refractivity (Wildman–Crippen MR) is 165 cm³/mol. The van der Waals surface area contributed by atoms with E-state index in [4.69, 9.17) is 0 Å². The molecule has 0 aromatic carbocycles. The molecule has 8 rings (SSSR count). The number of hydrazine groups is 2. The van der Waals surface area contributed by atoms with Gasteiger partial charge in [0.25, 0.3) is 0 Å². The van der Waals surface area contributed by atoms with Crippen molar-refractivity contribution in [1.82, 2.24) is 20.0 Å². The van der Waals surface area contributed by atoms with Gasteiger partial charge in [0.15, 0.2) is 0 Å². The third kappa shape index (κ3) is 2.98. The Kier molecular flexibility index (Phi) is 6.07. The summed E-state index contributed by atoms with van der Waals surface area (Å²) in [4.78, 5) is 0. The Bertz CT molecular complexity index is 1420. The molecule has 0 aromatic rings. The van der Waals surface area contributed by atoms with Crippen LogP contribution in [0.2, 0.25) is 0 Å². The molecule has 0 saturated carbocycles. The molecule has 212 valence electrons. The van der Waals surface area contributed by atoms with Crippen molar-refractivity contribution >= 4 is 0 Å². The van der Waals surface area contributed by atoms with Crippen molar-refractivity contribution in [2.45, 2.75) is 125 Å². The van der Waals surface area contributed by atoms with Crippen LogP contribution in [0.15, 0.2) is 91.8 Å². The monoisotopic (exact) mass is 536 g/mol. The van der Waals surface area contributed by atoms with E-state index in [1.54, 1.807) is 39.0 Å². The van der Waals surface area contributed by atoms with Crippen LogP contribution in [0, 0.1) is 5.92 Å². The van der Waals surface area contributed by atoms with Gasteiger partial charge >= 0.3 is 0 Å². The summed E-state index contributed by atoms with van der Waals surface area (Å²) < 4.78 is 0. The summed E-state index contributed by atoms with van der Waals surface area (Å²) in [5.74, 6) is 0.463. The summed E-state index contributed by atoms with van der Waals surface area (Å²) >= 11 is 0. The molecule has 0 amide bonds. The van der Waals surface area contributed by atoms with E-state index in [1.807, 2.05) is 0 Å². The van der Waals surface area contributed by atoms with Crippen molar-refractivity contribution in [2.75, 3.05) is 0 Å². The van der Waals surface area contributed by atoms with Crippen molar-refractivity contribution in [1.29, 1.82) is 0 Å². The highest BCUT2D eigenvalue weighted by Crippen LogP contribution is 2.57. The topological polar surface area (TPSA) is 13.0 Å². The van der Waals surface area contributed by atoms with Crippen molar-refractivity contribution in [3.05, 3.63) is 91.8 Å². The molecule has 8 heterocycles. The van der Waals surface area contributed by atoms with Gasteiger partial charge in [0, 0.05) is 11.6 Å². The molecule has 4 unspecified atom stereocenters. The van der Waals surface area contributed by atoms with E-state index in [2.05, 4.69) is 99.7 Å². The Labute approximate surface area is 242 Å². The minimum Gasteiger partial charge on any atom is -0.273 e. The molecule has 4 atom stereocenters. The molecular weight excluding hydrogens is 488 g/mol. The van der Waals surface area contributed by atoms with Crippen molar-refractivity contribution in [2.24, 2.45) is 5.92 Å². The van der Waals surface area contributed by atoms with E-state index in [0.29, 0.717) is 5.92 Å². The van der Waals surface area contributed by atoms with E-state index in [-0.39, 0.29) is 18.1 Å². The van der Waals surface area contributed by atoms with E-state index < -0.39 is 0 Å². The largest absolute Gasteiger partial charge is 0.273 e. The van der Waals surface area contributed by atoms with Crippen LogP contribution in [-0.2, 0) is 0 Å². The minimum atomic E-state index is 0.252. The fraction of sp³-hybridized carbons (Fsp3) is 0.556. The van der Waals surface area contributed by atoms with E-state index in [1.165, 1.54) is 28.5 Å². The third-order valence-electron chi connectivity index (χ3n) is 10.9. The molecule has 0 spiro atoms. The zero-order valence-corrected chi connectivity index (χ0v) is 26.1. The predicted octanol–water partition coefficient (Wildman–Crippen LogP) is 8.80. The highest BCUT2D eigenvalue weighted by Gasteiger charge is 2.53. The molecule has 12 bridgehead atoms. The summed E-state index contributed by atoms with van der Waals surface area (Å²) in [7, 11) is 0. The quantitative estimate of drug-likeness (QED) is 0.307. The van der Waals surface area contributed by atoms with Crippen LogP contribution in [-0.4, -0.2) is 38.2 Å². The summed E-state index contributed by atoms with van der Waals surface area (Å²) in [5.41, 5.74) is 18.5. The zero-order valence-electron chi connectivity index (χ0n) is 26.1. The van der Waals surface area contributed by atoms with Gasteiger partial charge in [0.2, 0.25) is 0 Å². The Morgan fingerprint density at radius 3 is 1.45 bits per heavy atom. The first-order valence-electron chi connectivity index (χ1n) is 16.5. The summed E-state index contributed by atoms with van der Waals surface area (Å²) in [6.45, 7) is 19.1. The summed E-state index contributed by atoms with van der Waals surface area (Å²) in [6.07, 6.45) is 19.5. The number of nitrogens with zero attached hydrogens (tertiary/aromatic N) is 4. The Balaban J connectivity index is 1.69. The molecule has 40 heavy (non-hydrogen) atoms. The minimum absolute atomic E-state index is 0.252. The average molecular weight is 537 g/mol. The SMILES string of the molecule is CCC1=C(CC)C2C=C3C(CC)=C(CC)C4C=C5C(CC)C(CC)=C6C=C7C(CC)=C(CC)C(C=C1N2N56)N7N34. The van der Waals surface area contributed by atoms with Gasteiger partial charge in [-0.1, -0.05) is 55.4 Å². The Morgan fingerprint density at radius 2 is 0.950 bits per heavy atom. The van der Waals surface area contributed by atoms with Crippen molar-refractivity contribution in [3.8, 4) is 0 Å². The van der Waals surface area contributed by atoms with Crippen LogP contribution >= 0.6 is 0 Å². The summed E-state index contributed by atoms with van der Waals surface area (Å²) in [6, 6.07) is 0.772. The van der Waals surface area contributed by atoms with E-state index >= 15 is 0 Å². The molecule has 4 heteroatoms. The maximum atomic E-state index is 2.78. The van der Waals surface area contributed by atoms with Crippen LogP contribution in [0.1, 0.15) is 107 Å². The number of rotatable bonds is 8. The molecule has 0 radical (unpaired) electrons. The second kappa shape index (κ2) is 9.33. The maximum absolute atomic E-state index is 2.78. The lowest BCUT2D eigenvalue weighted by Crippen LogP contribution is -2.48. The Morgan fingerprint density at radius 1 is 0.500 bits per heavy atom. The molecule has 0 fully saturated rings. The molecular formula is C36H48N4. The third-order valence-corrected chi connectivity index (χ3v) is 10.9.